The van der Waals surface area contributed by atoms with Crippen LogP contribution in [-0.2, 0) is 6.42 Å². The van der Waals surface area contributed by atoms with E-state index in [1.807, 2.05) is 0 Å². The van der Waals surface area contributed by atoms with E-state index >= 15 is 0 Å². The Labute approximate surface area is 111 Å². The van der Waals surface area contributed by atoms with Gasteiger partial charge in [0, 0.05) is 6.42 Å². The van der Waals surface area contributed by atoms with Crippen LogP contribution < -0.4 is 0 Å². The number of rotatable bonds is 5. The number of aliphatic hydroxyl groups excluding tert-OH is 1. The van der Waals surface area contributed by atoms with Crippen molar-refractivity contribution in [3.8, 4) is 0 Å². The minimum Gasteiger partial charge on any atom is -0.513 e. The van der Waals surface area contributed by atoms with Gasteiger partial charge < -0.3 is 5.11 Å². The molecule has 1 aromatic carbocycles. The molecule has 1 aromatic rings. The van der Waals surface area contributed by atoms with Gasteiger partial charge in [0.25, 0.3) is 0 Å². The Morgan fingerprint density at radius 3 is 2.39 bits per heavy atom. The van der Waals surface area contributed by atoms with Crippen LogP contribution in [0, 0.1) is 5.92 Å². The summed E-state index contributed by atoms with van der Waals surface area (Å²) in [5, 5.41) is 9.58. The second-order valence-corrected chi connectivity index (χ2v) is 5.94. The predicted octanol–water partition coefficient (Wildman–Crippen LogP) is 4.94. The van der Waals surface area contributed by atoms with Crippen LogP contribution in [0.4, 0.5) is 0 Å². The highest BCUT2D eigenvalue weighted by Gasteiger charge is 2.30. The summed E-state index contributed by atoms with van der Waals surface area (Å²) in [6.07, 6.45) is 3.31. The van der Waals surface area contributed by atoms with Crippen molar-refractivity contribution in [3.05, 3.63) is 47.2 Å². The number of aliphatic hydroxyl groups is 1. The fourth-order valence-corrected chi connectivity index (χ4v) is 2.85. The van der Waals surface area contributed by atoms with Crippen molar-refractivity contribution in [2.75, 3.05) is 0 Å². The lowest BCUT2D eigenvalue weighted by atomic mass is 9.84. The lowest BCUT2D eigenvalue weighted by molar-refractivity contribution is 0.400. The van der Waals surface area contributed by atoms with E-state index in [4.69, 9.17) is 0 Å². The number of hydrogen-bond donors (Lipinski definition) is 1. The quantitative estimate of drug-likeness (QED) is 0.727. The van der Waals surface area contributed by atoms with E-state index in [1.54, 1.807) is 0 Å². The van der Waals surface area contributed by atoms with E-state index in [1.165, 1.54) is 29.5 Å². The summed E-state index contributed by atoms with van der Waals surface area (Å²) < 4.78 is 0. The van der Waals surface area contributed by atoms with Gasteiger partial charge in [-0.05, 0) is 47.3 Å². The first kappa shape index (κ1) is 13.2. The molecule has 18 heavy (non-hydrogen) atoms. The molecule has 1 nitrogen and oxygen atoms in total. The molecule has 1 atom stereocenters. The predicted molar refractivity (Wildman–Crippen MR) is 77.1 cm³/mol. The van der Waals surface area contributed by atoms with Crippen molar-refractivity contribution in [2.24, 2.45) is 5.92 Å². The third-order valence-electron chi connectivity index (χ3n) is 4.07. The second kappa shape index (κ2) is 5.17. The second-order valence-electron chi connectivity index (χ2n) is 5.94. The first-order valence-corrected chi connectivity index (χ1v) is 6.99. The van der Waals surface area contributed by atoms with Crippen molar-refractivity contribution in [1.82, 2.24) is 0 Å². The molecule has 1 heteroatoms. The summed E-state index contributed by atoms with van der Waals surface area (Å²) in [4.78, 5) is 0. The van der Waals surface area contributed by atoms with Crippen LogP contribution in [0.15, 0.2) is 30.5 Å². The summed E-state index contributed by atoms with van der Waals surface area (Å²) in [6.45, 7) is 10.4. The van der Waals surface area contributed by atoms with E-state index in [0.717, 1.165) is 5.92 Å². The molecule has 1 aliphatic rings. The van der Waals surface area contributed by atoms with Crippen LogP contribution in [0.2, 0.25) is 0 Å². The normalized spacial score (nSPS) is 16.9. The molecule has 2 rings (SSSR count). The van der Waals surface area contributed by atoms with Crippen molar-refractivity contribution in [3.63, 3.8) is 0 Å². The molecule has 0 radical (unpaired) electrons. The fourth-order valence-electron chi connectivity index (χ4n) is 2.85. The summed E-state index contributed by atoms with van der Waals surface area (Å²) in [6, 6.07) is 6.58. The van der Waals surface area contributed by atoms with E-state index in [2.05, 4.69) is 45.5 Å². The maximum Gasteiger partial charge on any atom is 0.0895 e. The van der Waals surface area contributed by atoms with Crippen LogP contribution in [-0.4, -0.2) is 5.11 Å². The van der Waals surface area contributed by atoms with Gasteiger partial charge in [0.2, 0.25) is 0 Å². The molecule has 0 heterocycles. The van der Waals surface area contributed by atoms with Crippen LogP contribution in [0.1, 0.15) is 62.1 Å². The average Bonchev–Trinajstić information content (AvgIpc) is 3.11. The third-order valence-corrected chi connectivity index (χ3v) is 4.07. The van der Waals surface area contributed by atoms with E-state index in [-0.39, 0.29) is 5.76 Å². The van der Waals surface area contributed by atoms with Gasteiger partial charge >= 0.3 is 0 Å². The monoisotopic (exact) mass is 244 g/mol. The molecule has 0 spiro atoms. The van der Waals surface area contributed by atoms with Crippen molar-refractivity contribution in [1.29, 1.82) is 0 Å². The molecule has 1 saturated carbocycles. The van der Waals surface area contributed by atoms with Gasteiger partial charge in [0.1, 0.15) is 0 Å². The van der Waals surface area contributed by atoms with E-state index < -0.39 is 0 Å². The van der Waals surface area contributed by atoms with Crippen LogP contribution in [0.3, 0.4) is 0 Å². The van der Waals surface area contributed by atoms with Crippen LogP contribution >= 0.6 is 0 Å². The minimum absolute atomic E-state index is 0.271. The molecule has 98 valence electrons. The van der Waals surface area contributed by atoms with E-state index in [9.17, 15) is 5.11 Å². The topological polar surface area (TPSA) is 20.2 Å². The molecule has 1 N–H and O–H groups in total. The third kappa shape index (κ3) is 2.77. The van der Waals surface area contributed by atoms with Crippen molar-refractivity contribution >= 4 is 0 Å². The fraction of sp³-hybridized carbons (Fsp3) is 0.529. The smallest absolute Gasteiger partial charge is 0.0895 e. The SMILES string of the molecule is C=C(O)Cc1c(C(C)C)cccc1C(C)C1CC1. The maximum absolute atomic E-state index is 9.58. The maximum atomic E-state index is 9.58. The van der Waals surface area contributed by atoms with Gasteiger partial charge in [-0.1, -0.05) is 45.5 Å². The Bertz CT molecular complexity index is 441. The number of benzene rings is 1. The summed E-state index contributed by atoms with van der Waals surface area (Å²) in [5.41, 5.74) is 4.08. The zero-order valence-corrected chi connectivity index (χ0v) is 11.7. The summed E-state index contributed by atoms with van der Waals surface area (Å²) in [7, 11) is 0. The van der Waals surface area contributed by atoms with Crippen molar-refractivity contribution < 1.29 is 5.11 Å². The number of hydrogen-bond acceptors (Lipinski definition) is 1. The standard InChI is InChI=1S/C17H24O/c1-11(2)15-6-5-7-16(13(4)14-8-9-14)17(15)10-12(3)18/h5-7,11,13-14,18H,3,8-10H2,1-2,4H3. The Morgan fingerprint density at radius 1 is 1.28 bits per heavy atom. The Hall–Kier alpha value is -1.24. The van der Waals surface area contributed by atoms with Gasteiger partial charge in [-0.25, -0.2) is 0 Å². The molecule has 0 saturated heterocycles. The summed E-state index contributed by atoms with van der Waals surface area (Å²) in [5.74, 6) is 2.22. The van der Waals surface area contributed by atoms with Crippen molar-refractivity contribution in [2.45, 2.75) is 51.9 Å². The minimum atomic E-state index is 0.271. The zero-order valence-electron chi connectivity index (χ0n) is 11.7. The highest BCUT2D eigenvalue weighted by molar-refractivity contribution is 5.41. The number of allylic oxidation sites excluding steroid dienone is 1. The van der Waals surface area contributed by atoms with Crippen LogP contribution in [0.5, 0.6) is 0 Å². The molecule has 0 aliphatic heterocycles. The van der Waals surface area contributed by atoms with Gasteiger partial charge in [-0.15, -0.1) is 0 Å². The molecule has 1 unspecified atom stereocenters. The van der Waals surface area contributed by atoms with Gasteiger partial charge in [0.05, 0.1) is 5.76 Å². The molecule has 1 fully saturated rings. The van der Waals surface area contributed by atoms with E-state index in [0.29, 0.717) is 18.3 Å². The zero-order chi connectivity index (χ0) is 13.3. The van der Waals surface area contributed by atoms with Gasteiger partial charge in [0.15, 0.2) is 0 Å². The lowest BCUT2D eigenvalue weighted by Gasteiger charge is -2.21. The Kier molecular flexibility index (Phi) is 3.79. The molecule has 0 bridgehead atoms. The van der Waals surface area contributed by atoms with Gasteiger partial charge in [-0.3, -0.25) is 0 Å². The average molecular weight is 244 g/mol. The molecular weight excluding hydrogens is 220 g/mol. The Morgan fingerprint density at radius 2 is 1.89 bits per heavy atom. The van der Waals surface area contributed by atoms with Gasteiger partial charge in [-0.2, -0.15) is 0 Å². The summed E-state index contributed by atoms with van der Waals surface area (Å²) >= 11 is 0. The Balaban J connectivity index is 2.42. The first-order chi connectivity index (χ1) is 8.50. The van der Waals surface area contributed by atoms with Crippen LogP contribution in [0.25, 0.3) is 0 Å². The lowest BCUT2D eigenvalue weighted by Crippen LogP contribution is -2.07. The molecule has 0 aromatic heterocycles. The largest absolute Gasteiger partial charge is 0.513 e. The highest BCUT2D eigenvalue weighted by atomic mass is 16.3. The molecular formula is C17H24O. The molecule has 0 amide bonds. The highest BCUT2D eigenvalue weighted by Crippen LogP contribution is 2.44. The first-order valence-electron chi connectivity index (χ1n) is 6.99. The molecule has 1 aliphatic carbocycles.